The quantitative estimate of drug-likeness (QED) is 0.480. The second kappa shape index (κ2) is 7.17. The van der Waals surface area contributed by atoms with Gasteiger partial charge in [-0.2, -0.15) is 5.26 Å². The Labute approximate surface area is 85.5 Å². The SMILES string of the molecule is N#CCNC(=O)CSCC(N)C(=O)O. The third kappa shape index (κ3) is 6.28. The van der Waals surface area contributed by atoms with Gasteiger partial charge in [0, 0.05) is 5.75 Å². The number of thioether (sulfide) groups is 1. The molecule has 1 amide bonds. The third-order valence-corrected chi connectivity index (χ3v) is 2.27. The molecule has 7 heteroatoms. The van der Waals surface area contributed by atoms with Crippen LogP contribution in [0.1, 0.15) is 0 Å². The normalized spacial score (nSPS) is 11.4. The molecule has 0 aromatic heterocycles. The van der Waals surface area contributed by atoms with Gasteiger partial charge < -0.3 is 16.2 Å². The van der Waals surface area contributed by atoms with Gasteiger partial charge in [0.2, 0.25) is 5.91 Å². The van der Waals surface area contributed by atoms with Crippen LogP contribution in [0.2, 0.25) is 0 Å². The first-order valence-corrected chi connectivity index (χ1v) is 4.93. The molecule has 78 valence electrons. The largest absolute Gasteiger partial charge is 0.480 e. The number of amides is 1. The lowest BCUT2D eigenvalue weighted by Crippen LogP contribution is -2.33. The van der Waals surface area contributed by atoms with Crippen molar-refractivity contribution in [1.82, 2.24) is 5.32 Å². The summed E-state index contributed by atoms with van der Waals surface area (Å²) < 4.78 is 0. The molecule has 0 bridgehead atoms. The van der Waals surface area contributed by atoms with E-state index >= 15 is 0 Å². The Hall–Kier alpha value is -1.26. The van der Waals surface area contributed by atoms with E-state index in [2.05, 4.69) is 5.32 Å². The first-order valence-electron chi connectivity index (χ1n) is 3.77. The maximum atomic E-state index is 10.9. The fourth-order valence-corrected chi connectivity index (χ4v) is 1.34. The van der Waals surface area contributed by atoms with E-state index in [4.69, 9.17) is 16.1 Å². The summed E-state index contributed by atoms with van der Waals surface area (Å²) >= 11 is 1.12. The molecule has 0 aromatic rings. The van der Waals surface area contributed by atoms with Crippen molar-refractivity contribution in [2.24, 2.45) is 5.73 Å². The van der Waals surface area contributed by atoms with Gasteiger partial charge in [0.05, 0.1) is 11.8 Å². The molecule has 0 spiro atoms. The summed E-state index contributed by atoms with van der Waals surface area (Å²) in [7, 11) is 0. The summed E-state index contributed by atoms with van der Waals surface area (Å²) in [5.74, 6) is -1.10. The van der Waals surface area contributed by atoms with Gasteiger partial charge >= 0.3 is 5.97 Å². The number of nitrogens with zero attached hydrogens (tertiary/aromatic N) is 1. The minimum atomic E-state index is -1.09. The Morgan fingerprint density at radius 2 is 2.29 bits per heavy atom. The molecule has 0 aromatic carbocycles. The molecule has 0 heterocycles. The van der Waals surface area contributed by atoms with Crippen molar-refractivity contribution in [2.45, 2.75) is 6.04 Å². The second-order valence-electron chi connectivity index (χ2n) is 2.39. The zero-order valence-electron chi connectivity index (χ0n) is 7.40. The van der Waals surface area contributed by atoms with E-state index in [-0.39, 0.29) is 24.0 Å². The lowest BCUT2D eigenvalue weighted by molar-refractivity contribution is -0.137. The lowest BCUT2D eigenvalue weighted by atomic mass is 10.4. The molecule has 1 atom stereocenters. The van der Waals surface area contributed by atoms with Crippen LogP contribution in [-0.4, -0.2) is 41.1 Å². The van der Waals surface area contributed by atoms with E-state index in [9.17, 15) is 9.59 Å². The van der Waals surface area contributed by atoms with Crippen molar-refractivity contribution in [2.75, 3.05) is 18.1 Å². The minimum Gasteiger partial charge on any atom is -0.480 e. The number of nitrogens with one attached hydrogen (secondary N) is 1. The van der Waals surface area contributed by atoms with Gasteiger partial charge in [0.25, 0.3) is 0 Å². The molecule has 6 nitrogen and oxygen atoms in total. The van der Waals surface area contributed by atoms with Gasteiger partial charge in [-0.25, -0.2) is 0 Å². The van der Waals surface area contributed by atoms with E-state index in [1.54, 1.807) is 6.07 Å². The number of carboxylic acids is 1. The highest BCUT2D eigenvalue weighted by molar-refractivity contribution is 8.00. The highest BCUT2D eigenvalue weighted by Gasteiger charge is 2.11. The molecular weight excluding hydrogens is 206 g/mol. The number of aliphatic carboxylic acids is 1. The summed E-state index contributed by atoms with van der Waals surface area (Å²) in [5, 5.41) is 18.9. The van der Waals surface area contributed by atoms with Crippen LogP contribution in [0.5, 0.6) is 0 Å². The smallest absolute Gasteiger partial charge is 0.321 e. The summed E-state index contributed by atoms with van der Waals surface area (Å²) in [6.07, 6.45) is 0. The molecule has 0 aliphatic heterocycles. The molecule has 4 N–H and O–H groups in total. The Morgan fingerprint density at radius 1 is 1.64 bits per heavy atom. The van der Waals surface area contributed by atoms with Crippen LogP contribution in [0, 0.1) is 11.3 Å². The highest BCUT2D eigenvalue weighted by Crippen LogP contribution is 2.00. The highest BCUT2D eigenvalue weighted by atomic mass is 32.2. The molecule has 0 saturated carbocycles. The van der Waals surface area contributed by atoms with Crippen molar-refractivity contribution in [3.63, 3.8) is 0 Å². The van der Waals surface area contributed by atoms with Crippen molar-refractivity contribution in [3.8, 4) is 6.07 Å². The van der Waals surface area contributed by atoms with Crippen molar-refractivity contribution in [3.05, 3.63) is 0 Å². The number of carbonyl (C=O) groups is 2. The van der Waals surface area contributed by atoms with Crippen LogP contribution in [0.3, 0.4) is 0 Å². The van der Waals surface area contributed by atoms with Gasteiger partial charge in [0.1, 0.15) is 12.6 Å². The second-order valence-corrected chi connectivity index (χ2v) is 3.42. The van der Waals surface area contributed by atoms with Crippen molar-refractivity contribution >= 4 is 23.6 Å². The maximum absolute atomic E-state index is 10.9. The molecule has 0 radical (unpaired) electrons. The van der Waals surface area contributed by atoms with E-state index < -0.39 is 12.0 Å². The average Bonchev–Trinajstić information content (AvgIpc) is 2.14. The third-order valence-electron chi connectivity index (χ3n) is 1.21. The summed E-state index contributed by atoms with van der Waals surface area (Å²) in [6, 6.07) is 0.801. The molecule has 0 rings (SSSR count). The molecule has 14 heavy (non-hydrogen) atoms. The number of hydrogen-bond donors (Lipinski definition) is 3. The first kappa shape index (κ1) is 12.7. The predicted molar refractivity (Wildman–Crippen MR) is 51.6 cm³/mol. The maximum Gasteiger partial charge on any atom is 0.321 e. The van der Waals surface area contributed by atoms with Gasteiger partial charge in [-0.3, -0.25) is 9.59 Å². The number of rotatable bonds is 6. The zero-order valence-corrected chi connectivity index (χ0v) is 8.21. The lowest BCUT2D eigenvalue weighted by Gasteiger charge is -2.05. The van der Waals surface area contributed by atoms with Crippen LogP contribution < -0.4 is 11.1 Å². The van der Waals surface area contributed by atoms with Crippen LogP contribution in [0.4, 0.5) is 0 Å². The Bertz CT molecular complexity index is 251. The molecule has 0 fully saturated rings. The number of carboxylic acid groups (broad SMARTS) is 1. The summed E-state index contributed by atoms with van der Waals surface area (Å²) in [6.45, 7) is -0.0373. The van der Waals surface area contributed by atoms with Crippen molar-refractivity contribution < 1.29 is 14.7 Å². The van der Waals surface area contributed by atoms with Crippen LogP contribution >= 0.6 is 11.8 Å². The Morgan fingerprint density at radius 3 is 2.79 bits per heavy atom. The average molecular weight is 217 g/mol. The first-order chi connectivity index (χ1) is 6.57. The van der Waals surface area contributed by atoms with Crippen LogP contribution in [0.15, 0.2) is 0 Å². The molecule has 1 unspecified atom stereocenters. The molecular formula is C7H11N3O3S. The Kier molecular flexibility index (Phi) is 6.53. The minimum absolute atomic E-state index is 0.0373. The van der Waals surface area contributed by atoms with E-state index in [1.807, 2.05) is 0 Å². The van der Waals surface area contributed by atoms with E-state index in [1.165, 1.54) is 0 Å². The van der Waals surface area contributed by atoms with Gasteiger partial charge in [-0.05, 0) is 0 Å². The van der Waals surface area contributed by atoms with Gasteiger partial charge in [-0.1, -0.05) is 0 Å². The summed E-state index contributed by atoms with van der Waals surface area (Å²) in [4.78, 5) is 21.1. The predicted octanol–water partition coefficient (Wildman–Crippen LogP) is -1.23. The topological polar surface area (TPSA) is 116 Å². The van der Waals surface area contributed by atoms with Gasteiger partial charge in [0.15, 0.2) is 0 Å². The fourth-order valence-electron chi connectivity index (χ4n) is 0.539. The summed E-state index contributed by atoms with van der Waals surface area (Å²) in [5.41, 5.74) is 5.20. The number of carbonyl (C=O) groups excluding carboxylic acids is 1. The van der Waals surface area contributed by atoms with E-state index in [0.717, 1.165) is 11.8 Å². The number of nitriles is 1. The molecule has 0 aliphatic carbocycles. The van der Waals surface area contributed by atoms with Gasteiger partial charge in [-0.15, -0.1) is 11.8 Å². The monoisotopic (exact) mass is 217 g/mol. The number of nitrogens with two attached hydrogens (primary N) is 1. The van der Waals surface area contributed by atoms with E-state index in [0.29, 0.717) is 0 Å². The van der Waals surface area contributed by atoms with Crippen LogP contribution in [-0.2, 0) is 9.59 Å². The fraction of sp³-hybridized carbons (Fsp3) is 0.571. The van der Waals surface area contributed by atoms with Crippen molar-refractivity contribution in [1.29, 1.82) is 5.26 Å². The number of hydrogen-bond acceptors (Lipinski definition) is 5. The zero-order chi connectivity index (χ0) is 11.0. The van der Waals surface area contributed by atoms with Crippen LogP contribution in [0.25, 0.3) is 0 Å². The molecule has 0 aliphatic rings. The Balaban J connectivity index is 3.50. The standard InChI is InChI=1S/C7H11N3O3S/c8-1-2-10-6(11)4-14-3-5(9)7(12)13/h5H,2-4,9H2,(H,10,11)(H,12,13). The molecule has 0 saturated heterocycles.